The fourth-order valence-electron chi connectivity index (χ4n) is 0.666. The van der Waals surface area contributed by atoms with Crippen molar-refractivity contribution in [2.24, 2.45) is 0 Å². The molecule has 0 aromatic rings. The van der Waals surface area contributed by atoms with Crippen LogP contribution in [0.2, 0.25) is 0 Å². The van der Waals surface area contributed by atoms with Crippen molar-refractivity contribution in [2.45, 2.75) is 18.2 Å². The molecule has 0 aromatic carbocycles. The van der Waals surface area contributed by atoms with E-state index in [-0.39, 0.29) is 0 Å². The van der Waals surface area contributed by atoms with Gasteiger partial charge in [0.25, 0.3) is 0 Å². The third-order valence-electron chi connectivity index (χ3n) is 1.03. The van der Waals surface area contributed by atoms with Crippen molar-refractivity contribution in [3.05, 3.63) is 0 Å². The molecule has 0 aromatic heterocycles. The van der Waals surface area contributed by atoms with E-state index in [1.54, 1.807) is 0 Å². The minimum atomic E-state index is 0.491. The van der Waals surface area contributed by atoms with E-state index in [1.165, 1.54) is 12.8 Å². The highest BCUT2D eigenvalue weighted by molar-refractivity contribution is 7.80. The predicted octanol–water partition coefficient (Wildman–Crippen LogP) is 0.626. The van der Waals surface area contributed by atoms with Crippen LogP contribution >= 0.6 is 12.6 Å². The van der Waals surface area contributed by atoms with Gasteiger partial charge in [0.05, 0.1) is 5.37 Å². The van der Waals surface area contributed by atoms with Gasteiger partial charge in [0.2, 0.25) is 0 Å². The third-order valence-corrected chi connectivity index (χ3v) is 1.48. The van der Waals surface area contributed by atoms with Crippen molar-refractivity contribution in [3.8, 4) is 0 Å². The summed E-state index contributed by atoms with van der Waals surface area (Å²) in [6, 6.07) is 0. The molecule has 0 bridgehead atoms. The van der Waals surface area contributed by atoms with Crippen LogP contribution in [0.1, 0.15) is 12.8 Å². The van der Waals surface area contributed by atoms with Crippen LogP contribution in [0.3, 0.4) is 0 Å². The molecule has 0 spiro atoms. The van der Waals surface area contributed by atoms with Crippen molar-refractivity contribution < 1.29 is 0 Å². The molecule has 1 rings (SSSR count). The summed E-state index contributed by atoms with van der Waals surface area (Å²) in [7, 11) is 0. The zero-order valence-electron chi connectivity index (χ0n) is 3.65. The molecular formula is C4H9NS. The summed E-state index contributed by atoms with van der Waals surface area (Å²) in [6.07, 6.45) is 2.54. The molecule has 0 saturated carbocycles. The Balaban J connectivity index is 2.18. The molecule has 1 aliphatic rings. The molecule has 1 heterocycles. The van der Waals surface area contributed by atoms with Gasteiger partial charge in [0, 0.05) is 0 Å². The Morgan fingerprint density at radius 2 is 2.50 bits per heavy atom. The van der Waals surface area contributed by atoms with Crippen LogP contribution in [-0.2, 0) is 0 Å². The molecule has 0 radical (unpaired) electrons. The van der Waals surface area contributed by atoms with E-state index in [0.717, 1.165) is 6.54 Å². The van der Waals surface area contributed by atoms with E-state index in [2.05, 4.69) is 17.9 Å². The quantitative estimate of drug-likeness (QED) is 0.428. The average molecular weight is 103 g/mol. The second-order valence-electron chi connectivity index (χ2n) is 1.61. The third kappa shape index (κ3) is 0.884. The van der Waals surface area contributed by atoms with Crippen LogP contribution in [0.5, 0.6) is 0 Å². The van der Waals surface area contributed by atoms with E-state index >= 15 is 0 Å². The summed E-state index contributed by atoms with van der Waals surface area (Å²) in [6.45, 7) is 1.16. The number of hydrogen-bond acceptors (Lipinski definition) is 2. The van der Waals surface area contributed by atoms with E-state index < -0.39 is 0 Å². The first-order chi connectivity index (χ1) is 2.89. The molecule has 1 saturated heterocycles. The summed E-state index contributed by atoms with van der Waals surface area (Å²) in [5.41, 5.74) is 0. The van der Waals surface area contributed by atoms with Gasteiger partial charge in [0.15, 0.2) is 0 Å². The Morgan fingerprint density at radius 1 is 1.67 bits per heavy atom. The molecule has 0 unspecified atom stereocenters. The Morgan fingerprint density at radius 3 is 2.67 bits per heavy atom. The van der Waals surface area contributed by atoms with Gasteiger partial charge in [-0.2, -0.15) is 12.6 Å². The molecule has 0 amide bonds. The number of nitrogens with one attached hydrogen (secondary N) is 1. The summed E-state index contributed by atoms with van der Waals surface area (Å²) >= 11 is 4.18. The lowest BCUT2D eigenvalue weighted by Gasteiger charge is -1.94. The molecular weight excluding hydrogens is 94.1 g/mol. The van der Waals surface area contributed by atoms with Gasteiger partial charge >= 0.3 is 0 Å². The molecule has 6 heavy (non-hydrogen) atoms. The normalized spacial score (nSPS) is 34.5. The van der Waals surface area contributed by atoms with Crippen molar-refractivity contribution in [1.82, 2.24) is 5.32 Å². The molecule has 0 aliphatic carbocycles. The molecule has 2 heteroatoms. The lowest BCUT2D eigenvalue weighted by molar-refractivity contribution is 0.812. The lowest BCUT2D eigenvalue weighted by atomic mass is 10.4. The smallest absolute Gasteiger partial charge is 0.0502 e. The Hall–Kier alpha value is 0.310. The first kappa shape index (κ1) is 4.47. The van der Waals surface area contributed by atoms with Crippen LogP contribution in [-0.4, -0.2) is 11.9 Å². The van der Waals surface area contributed by atoms with Crippen LogP contribution in [0.4, 0.5) is 0 Å². The van der Waals surface area contributed by atoms with Crippen molar-refractivity contribution >= 4 is 12.6 Å². The second-order valence-corrected chi connectivity index (χ2v) is 2.24. The second kappa shape index (κ2) is 1.85. The van der Waals surface area contributed by atoms with Crippen LogP contribution in [0, 0.1) is 0 Å². The van der Waals surface area contributed by atoms with Gasteiger partial charge in [-0.05, 0) is 19.4 Å². The van der Waals surface area contributed by atoms with E-state index in [1.807, 2.05) is 0 Å². The summed E-state index contributed by atoms with van der Waals surface area (Å²) in [4.78, 5) is 0. The number of thiol groups is 1. The zero-order valence-corrected chi connectivity index (χ0v) is 4.54. The zero-order chi connectivity index (χ0) is 4.41. The summed E-state index contributed by atoms with van der Waals surface area (Å²) < 4.78 is 0. The maximum absolute atomic E-state index is 4.18. The first-order valence-corrected chi connectivity index (χ1v) is 2.83. The molecule has 1 atom stereocenters. The maximum atomic E-state index is 4.18. The largest absolute Gasteiger partial charge is 0.306 e. The Bertz CT molecular complexity index is 40.8. The molecule has 1 N–H and O–H groups in total. The summed E-state index contributed by atoms with van der Waals surface area (Å²) in [5.74, 6) is 0. The fraction of sp³-hybridized carbons (Fsp3) is 1.00. The Labute approximate surface area is 43.5 Å². The number of rotatable bonds is 0. The van der Waals surface area contributed by atoms with Crippen molar-refractivity contribution in [1.29, 1.82) is 0 Å². The SMILES string of the molecule is S[C@H]1CCCN1. The fourth-order valence-corrected chi connectivity index (χ4v) is 0.978. The van der Waals surface area contributed by atoms with E-state index in [9.17, 15) is 0 Å². The lowest BCUT2D eigenvalue weighted by Crippen LogP contribution is -2.13. The maximum Gasteiger partial charge on any atom is 0.0502 e. The van der Waals surface area contributed by atoms with Gasteiger partial charge in [-0.3, -0.25) is 0 Å². The minimum Gasteiger partial charge on any atom is -0.306 e. The van der Waals surface area contributed by atoms with Gasteiger partial charge in [-0.1, -0.05) is 0 Å². The highest BCUT2D eigenvalue weighted by Gasteiger charge is 2.06. The predicted molar refractivity (Wildman–Crippen MR) is 30.0 cm³/mol. The van der Waals surface area contributed by atoms with Crippen molar-refractivity contribution in [3.63, 3.8) is 0 Å². The molecule has 36 valence electrons. The Kier molecular flexibility index (Phi) is 1.37. The topological polar surface area (TPSA) is 12.0 Å². The van der Waals surface area contributed by atoms with E-state index in [4.69, 9.17) is 0 Å². The van der Waals surface area contributed by atoms with Crippen LogP contribution < -0.4 is 5.32 Å². The van der Waals surface area contributed by atoms with Gasteiger partial charge in [-0.15, -0.1) is 0 Å². The highest BCUT2D eigenvalue weighted by Crippen LogP contribution is 2.06. The minimum absolute atomic E-state index is 0.491. The highest BCUT2D eigenvalue weighted by atomic mass is 32.1. The number of hydrogen-bond donors (Lipinski definition) is 2. The van der Waals surface area contributed by atoms with Gasteiger partial charge in [0.1, 0.15) is 0 Å². The van der Waals surface area contributed by atoms with E-state index in [0.29, 0.717) is 5.37 Å². The van der Waals surface area contributed by atoms with Gasteiger partial charge in [-0.25, -0.2) is 0 Å². The summed E-state index contributed by atoms with van der Waals surface area (Å²) in [5, 5.41) is 3.67. The molecule has 1 nitrogen and oxygen atoms in total. The van der Waals surface area contributed by atoms with Crippen LogP contribution in [0.15, 0.2) is 0 Å². The molecule has 1 aliphatic heterocycles. The monoisotopic (exact) mass is 103 g/mol. The first-order valence-electron chi connectivity index (χ1n) is 2.31. The van der Waals surface area contributed by atoms with Crippen molar-refractivity contribution in [2.75, 3.05) is 6.54 Å². The standard InChI is InChI=1S/C4H9NS/c6-4-2-1-3-5-4/h4-6H,1-3H2/t4-/m0/s1. The van der Waals surface area contributed by atoms with Gasteiger partial charge < -0.3 is 5.32 Å². The average Bonchev–Trinajstić information content (AvgIpc) is 1.86. The molecule has 1 fully saturated rings. The van der Waals surface area contributed by atoms with Crippen LogP contribution in [0.25, 0.3) is 0 Å².